The van der Waals surface area contributed by atoms with E-state index in [0.717, 1.165) is 13.2 Å². The predicted molar refractivity (Wildman–Crippen MR) is 102 cm³/mol. The molecule has 0 saturated heterocycles. The molecule has 2 heteroatoms. The topological polar surface area (TPSA) is 18.5 Å². The van der Waals surface area contributed by atoms with E-state index in [-0.39, 0.29) is 5.79 Å². The molecule has 0 N–H and O–H groups in total. The van der Waals surface area contributed by atoms with Gasteiger partial charge < -0.3 is 9.47 Å². The summed E-state index contributed by atoms with van der Waals surface area (Å²) in [6, 6.07) is 0. The molecule has 0 aromatic rings. The zero-order valence-corrected chi connectivity index (χ0v) is 16.8. The second kappa shape index (κ2) is 15.4. The van der Waals surface area contributed by atoms with Crippen molar-refractivity contribution in [1.29, 1.82) is 0 Å². The zero-order valence-electron chi connectivity index (χ0n) is 16.8. The van der Waals surface area contributed by atoms with Crippen LogP contribution in [0.4, 0.5) is 0 Å². The molecule has 0 aromatic heterocycles. The maximum Gasteiger partial charge on any atom is 0.168 e. The van der Waals surface area contributed by atoms with Gasteiger partial charge in [-0.15, -0.1) is 0 Å². The van der Waals surface area contributed by atoms with Crippen LogP contribution >= 0.6 is 0 Å². The fraction of sp³-hybridized carbons (Fsp3) is 1.00. The zero-order chi connectivity index (χ0) is 17.4. The van der Waals surface area contributed by atoms with Gasteiger partial charge in [0.15, 0.2) is 5.79 Å². The average molecular weight is 329 g/mol. The minimum absolute atomic E-state index is 0.390. The predicted octanol–water partition coefficient (Wildman–Crippen LogP) is 7.11. The first-order chi connectivity index (χ1) is 11.1. The molecule has 0 bridgehead atoms. The summed E-state index contributed by atoms with van der Waals surface area (Å²) in [6.45, 7) is 12.4. The molecule has 0 spiro atoms. The Bertz CT molecular complexity index is 234. The van der Waals surface area contributed by atoms with Crippen molar-refractivity contribution >= 4 is 0 Å². The minimum Gasteiger partial charge on any atom is -0.350 e. The highest BCUT2D eigenvalue weighted by Crippen LogP contribution is 2.33. The molecule has 0 saturated carbocycles. The van der Waals surface area contributed by atoms with Crippen LogP contribution in [0.1, 0.15) is 112 Å². The third-order valence-electron chi connectivity index (χ3n) is 4.92. The summed E-state index contributed by atoms with van der Waals surface area (Å²) in [5, 5.41) is 0. The van der Waals surface area contributed by atoms with Crippen molar-refractivity contribution in [3.8, 4) is 0 Å². The van der Waals surface area contributed by atoms with Gasteiger partial charge in [-0.1, -0.05) is 78.1 Å². The van der Waals surface area contributed by atoms with Crippen molar-refractivity contribution in [1.82, 2.24) is 0 Å². The summed E-state index contributed by atoms with van der Waals surface area (Å²) in [4.78, 5) is 0. The molecule has 1 atom stereocenters. The molecular formula is C21H44O2. The Morgan fingerprint density at radius 3 is 1.43 bits per heavy atom. The number of hydrogen-bond donors (Lipinski definition) is 0. The number of ether oxygens (including phenoxy) is 2. The Hall–Kier alpha value is -0.0800. The molecule has 0 rings (SSSR count). The monoisotopic (exact) mass is 328 g/mol. The van der Waals surface area contributed by atoms with Crippen LogP contribution in [0, 0.1) is 5.92 Å². The van der Waals surface area contributed by atoms with Crippen molar-refractivity contribution in [3.63, 3.8) is 0 Å². The smallest absolute Gasteiger partial charge is 0.168 e. The van der Waals surface area contributed by atoms with E-state index in [1.807, 2.05) is 0 Å². The molecule has 0 aliphatic heterocycles. The van der Waals surface area contributed by atoms with E-state index in [2.05, 4.69) is 34.6 Å². The molecular weight excluding hydrogens is 284 g/mol. The van der Waals surface area contributed by atoms with E-state index in [4.69, 9.17) is 9.47 Å². The molecule has 23 heavy (non-hydrogen) atoms. The summed E-state index contributed by atoms with van der Waals surface area (Å²) in [5.41, 5.74) is 0. The second-order valence-electron chi connectivity index (χ2n) is 6.98. The molecule has 0 aliphatic rings. The fourth-order valence-corrected chi connectivity index (χ4v) is 3.51. The van der Waals surface area contributed by atoms with Gasteiger partial charge in [-0.2, -0.15) is 0 Å². The SMILES string of the molecule is CCCCCCCCC(CCCCCC)C(C)(OCC)OCC. The molecule has 1 unspecified atom stereocenters. The Balaban J connectivity index is 4.39. The van der Waals surface area contributed by atoms with Gasteiger partial charge in [0.2, 0.25) is 0 Å². The highest BCUT2D eigenvalue weighted by Gasteiger charge is 2.34. The van der Waals surface area contributed by atoms with Gasteiger partial charge in [0.1, 0.15) is 0 Å². The van der Waals surface area contributed by atoms with Crippen LogP contribution in [0.5, 0.6) is 0 Å². The quantitative estimate of drug-likeness (QED) is 0.209. The average Bonchev–Trinajstić information content (AvgIpc) is 2.53. The van der Waals surface area contributed by atoms with Gasteiger partial charge in [0.25, 0.3) is 0 Å². The second-order valence-corrected chi connectivity index (χ2v) is 6.98. The van der Waals surface area contributed by atoms with Crippen molar-refractivity contribution < 1.29 is 9.47 Å². The molecule has 0 fully saturated rings. The van der Waals surface area contributed by atoms with Crippen LogP contribution in [-0.4, -0.2) is 19.0 Å². The van der Waals surface area contributed by atoms with E-state index in [1.165, 1.54) is 77.0 Å². The number of rotatable bonds is 17. The van der Waals surface area contributed by atoms with E-state index in [0.29, 0.717) is 5.92 Å². The van der Waals surface area contributed by atoms with E-state index >= 15 is 0 Å². The molecule has 0 aliphatic carbocycles. The lowest BCUT2D eigenvalue weighted by Crippen LogP contribution is -2.41. The summed E-state index contributed by atoms with van der Waals surface area (Å²) >= 11 is 0. The highest BCUT2D eigenvalue weighted by atomic mass is 16.7. The van der Waals surface area contributed by atoms with Crippen LogP contribution in [0.2, 0.25) is 0 Å². The van der Waals surface area contributed by atoms with E-state index in [9.17, 15) is 0 Å². The van der Waals surface area contributed by atoms with Crippen molar-refractivity contribution in [2.24, 2.45) is 5.92 Å². The van der Waals surface area contributed by atoms with E-state index < -0.39 is 0 Å². The van der Waals surface area contributed by atoms with Gasteiger partial charge >= 0.3 is 0 Å². The molecule has 140 valence electrons. The molecule has 0 heterocycles. The standard InChI is InChI=1S/C21H44O2/c1-6-10-12-14-15-17-19-20(18-16-13-11-7-2)21(5,22-8-3)23-9-4/h20H,6-19H2,1-5H3. The maximum atomic E-state index is 6.06. The number of hydrogen-bond acceptors (Lipinski definition) is 2. The van der Waals surface area contributed by atoms with Crippen LogP contribution in [0.25, 0.3) is 0 Å². The van der Waals surface area contributed by atoms with Crippen molar-refractivity contribution in [2.45, 2.75) is 117 Å². The summed E-state index contributed by atoms with van der Waals surface area (Å²) in [7, 11) is 0. The van der Waals surface area contributed by atoms with Crippen LogP contribution < -0.4 is 0 Å². The van der Waals surface area contributed by atoms with Crippen molar-refractivity contribution in [2.75, 3.05) is 13.2 Å². The Kier molecular flexibility index (Phi) is 15.4. The molecule has 0 radical (unpaired) electrons. The van der Waals surface area contributed by atoms with Crippen LogP contribution in [0.15, 0.2) is 0 Å². The lowest BCUT2D eigenvalue weighted by Gasteiger charge is -2.37. The Morgan fingerprint density at radius 1 is 0.609 bits per heavy atom. The first-order valence-corrected chi connectivity index (χ1v) is 10.4. The van der Waals surface area contributed by atoms with Crippen LogP contribution in [-0.2, 0) is 9.47 Å². The molecule has 2 nitrogen and oxygen atoms in total. The summed E-state index contributed by atoms with van der Waals surface area (Å²) < 4.78 is 12.1. The minimum atomic E-state index is -0.390. The van der Waals surface area contributed by atoms with Crippen molar-refractivity contribution in [3.05, 3.63) is 0 Å². The lowest BCUT2D eigenvalue weighted by atomic mass is 9.87. The summed E-state index contributed by atoms with van der Waals surface area (Å²) in [6.07, 6.45) is 16.0. The first-order valence-electron chi connectivity index (χ1n) is 10.4. The van der Waals surface area contributed by atoms with Gasteiger partial charge in [-0.05, 0) is 33.6 Å². The highest BCUT2D eigenvalue weighted by molar-refractivity contribution is 4.76. The van der Waals surface area contributed by atoms with Gasteiger partial charge in [0.05, 0.1) is 0 Å². The van der Waals surface area contributed by atoms with Crippen LogP contribution in [0.3, 0.4) is 0 Å². The third kappa shape index (κ3) is 11.2. The normalized spacial score (nSPS) is 13.4. The third-order valence-corrected chi connectivity index (χ3v) is 4.92. The van der Waals surface area contributed by atoms with Gasteiger partial charge in [-0.25, -0.2) is 0 Å². The summed E-state index contributed by atoms with van der Waals surface area (Å²) in [5.74, 6) is 0.143. The maximum absolute atomic E-state index is 6.06. The Morgan fingerprint density at radius 2 is 1.00 bits per heavy atom. The van der Waals surface area contributed by atoms with Gasteiger partial charge in [0, 0.05) is 19.1 Å². The van der Waals surface area contributed by atoms with Gasteiger partial charge in [-0.3, -0.25) is 0 Å². The fourth-order valence-electron chi connectivity index (χ4n) is 3.51. The first kappa shape index (κ1) is 22.9. The molecule has 0 amide bonds. The van der Waals surface area contributed by atoms with E-state index in [1.54, 1.807) is 0 Å². The Labute approximate surface area is 146 Å². The largest absolute Gasteiger partial charge is 0.350 e. The molecule has 0 aromatic carbocycles. The lowest BCUT2D eigenvalue weighted by molar-refractivity contribution is -0.254. The number of unbranched alkanes of at least 4 members (excludes halogenated alkanes) is 8.